The van der Waals surface area contributed by atoms with Crippen molar-refractivity contribution in [3.63, 3.8) is 0 Å². The van der Waals surface area contributed by atoms with Crippen LogP contribution in [0.25, 0.3) is 0 Å². The molecular weight excluding hydrogens is 218 g/mol. The van der Waals surface area contributed by atoms with Gasteiger partial charge in [-0.3, -0.25) is 4.68 Å². The van der Waals surface area contributed by atoms with E-state index in [2.05, 4.69) is 17.3 Å². The first-order valence-corrected chi connectivity index (χ1v) is 6.23. The monoisotopic (exact) mass is 239 g/mol. The lowest BCUT2D eigenvalue weighted by Crippen LogP contribution is -2.33. The summed E-state index contributed by atoms with van der Waals surface area (Å²) in [5, 5.41) is 16.5. The third kappa shape index (κ3) is 3.52. The smallest absolute Gasteiger partial charge is 0.0640 e. The van der Waals surface area contributed by atoms with E-state index < -0.39 is 0 Å². The molecular formula is C12H21N3O2. The highest BCUT2D eigenvalue weighted by Crippen LogP contribution is 2.16. The predicted molar refractivity (Wildman–Crippen MR) is 64.5 cm³/mol. The molecule has 0 radical (unpaired) electrons. The number of aliphatic hydroxyl groups is 1. The van der Waals surface area contributed by atoms with Crippen molar-refractivity contribution >= 4 is 0 Å². The van der Waals surface area contributed by atoms with Crippen molar-refractivity contribution in [1.82, 2.24) is 15.1 Å². The van der Waals surface area contributed by atoms with Gasteiger partial charge in [0.2, 0.25) is 0 Å². The molecule has 1 aliphatic rings. The van der Waals surface area contributed by atoms with E-state index in [-0.39, 0.29) is 6.61 Å². The molecule has 0 bridgehead atoms. The first kappa shape index (κ1) is 12.5. The topological polar surface area (TPSA) is 59.3 Å². The van der Waals surface area contributed by atoms with E-state index in [4.69, 9.17) is 9.84 Å². The number of rotatable bonds is 6. The van der Waals surface area contributed by atoms with Crippen molar-refractivity contribution in [1.29, 1.82) is 0 Å². The Balaban J connectivity index is 1.76. The van der Waals surface area contributed by atoms with Gasteiger partial charge in [0.05, 0.1) is 26.0 Å². The summed E-state index contributed by atoms with van der Waals surface area (Å²) in [4.78, 5) is 0. The maximum atomic E-state index is 8.80. The lowest BCUT2D eigenvalue weighted by atomic mass is 10.0. The van der Waals surface area contributed by atoms with Crippen LogP contribution in [0.4, 0.5) is 0 Å². The van der Waals surface area contributed by atoms with Gasteiger partial charge < -0.3 is 15.2 Å². The molecule has 1 aliphatic heterocycles. The largest absolute Gasteiger partial charge is 0.394 e. The Hall–Kier alpha value is -0.910. The minimum atomic E-state index is 0.129. The van der Waals surface area contributed by atoms with Crippen LogP contribution in [0.2, 0.25) is 0 Å². The van der Waals surface area contributed by atoms with E-state index in [1.165, 1.54) is 0 Å². The van der Waals surface area contributed by atoms with Gasteiger partial charge >= 0.3 is 0 Å². The zero-order valence-electron chi connectivity index (χ0n) is 10.3. The van der Waals surface area contributed by atoms with Crippen LogP contribution in [0.15, 0.2) is 12.4 Å². The van der Waals surface area contributed by atoms with Gasteiger partial charge in [-0.15, -0.1) is 0 Å². The summed E-state index contributed by atoms with van der Waals surface area (Å²) in [5.41, 5.74) is 1.16. The van der Waals surface area contributed by atoms with Crippen LogP contribution in [0.3, 0.4) is 0 Å². The molecule has 17 heavy (non-hydrogen) atoms. The summed E-state index contributed by atoms with van der Waals surface area (Å²) in [6.07, 6.45) is 4.97. The van der Waals surface area contributed by atoms with E-state index in [0.717, 1.165) is 31.7 Å². The highest BCUT2D eigenvalue weighted by molar-refractivity contribution is 5.03. The average molecular weight is 239 g/mol. The molecule has 0 amide bonds. The third-order valence-corrected chi connectivity index (χ3v) is 3.32. The summed E-state index contributed by atoms with van der Waals surface area (Å²) in [5.74, 6) is 0.627. The molecule has 1 aromatic heterocycles. The van der Waals surface area contributed by atoms with Crippen molar-refractivity contribution in [2.45, 2.75) is 32.5 Å². The number of nitrogens with zero attached hydrogens (tertiary/aromatic N) is 2. The fourth-order valence-electron chi connectivity index (χ4n) is 2.12. The Kier molecular flexibility index (Phi) is 4.53. The number of hydrogen-bond donors (Lipinski definition) is 2. The van der Waals surface area contributed by atoms with Gasteiger partial charge in [-0.2, -0.15) is 5.10 Å². The SMILES string of the molecule is CC(NCc1cnn(CCO)c1)C1CCOC1. The van der Waals surface area contributed by atoms with Gasteiger partial charge in [0.15, 0.2) is 0 Å². The summed E-state index contributed by atoms with van der Waals surface area (Å²) in [6.45, 7) is 5.49. The predicted octanol–water partition coefficient (Wildman–Crippen LogP) is 0.390. The lowest BCUT2D eigenvalue weighted by Gasteiger charge is -2.18. The van der Waals surface area contributed by atoms with Crippen molar-refractivity contribution in [2.24, 2.45) is 5.92 Å². The first-order valence-electron chi connectivity index (χ1n) is 6.23. The Morgan fingerprint density at radius 1 is 1.71 bits per heavy atom. The number of ether oxygens (including phenoxy) is 1. The number of aliphatic hydroxyl groups excluding tert-OH is 1. The highest BCUT2D eigenvalue weighted by atomic mass is 16.5. The van der Waals surface area contributed by atoms with E-state index in [9.17, 15) is 0 Å². The Morgan fingerprint density at radius 2 is 2.59 bits per heavy atom. The maximum Gasteiger partial charge on any atom is 0.0640 e. The molecule has 0 spiro atoms. The van der Waals surface area contributed by atoms with Gasteiger partial charge in [-0.05, 0) is 19.3 Å². The van der Waals surface area contributed by atoms with Crippen LogP contribution in [-0.2, 0) is 17.8 Å². The van der Waals surface area contributed by atoms with Gasteiger partial charge in [-0.1, -0.05) is 0 Å². The first-order chi connectivity index (χ1) is 8.29. The second kappa shape index (κ2) is 6.14. The van der Waals surface area contributed by atoms with Crippen LogP contribution in [0.1, 0.15) is 18.9 Å². The number of hydrogen-bond acceptors (Lipinski definition) is 4. The number of nitrogens with one attached hydrogen (secondary N) is 1. The average Bonchev–Trinajstić information content (AvgIpc) is 2.97. The number of aromatic nitrogens is 2. The van der Waals surface area contributed by atoms with Crippen molar-refractivity contribution in [3.8, 4) is 0 Å². The molecule has 2 atom stereocenters. The third-order valence-electron chi connectivity index (χ3n) is 3.32. The fourth-order valence-corrected chi connectivity index (χ4v) is 2.12. The van der Waals surface area contributed by atoms with E-state index in [0.29, 0.717) is 18.5 Å². The minimum absolute atomic E-state index is 0.129. The Bertz CT molecular complexity index is 334. The molecule has 2 rings (SSSR count). The molecule has 0 saturated carbocycles. The van der Waals surface area contributed by atoms with Crippen molar-refractivity contribution in [3.05, 3.63) is 18.0 Å². The van der Waals surface area contributed by atoms with Gasteiger partial charge in [0, 0.05) is 31.0 Å². The fraction of sp³-hybridized carbons (Fsp3) is 0.750. The molecule has 5 nitrogen and oxygen atoms in total. The molecule has 2 N–H and O–H groups in total. The molecule has 96 valence electrons. The zero-order valence-corrected chi connectivity index (χ0v) is 10.3. The second-order valence-corrected chi connectivity index (χ2v) is 4.63. The Labute approximate surface area is 102 Å². The van der Waals surface area contributed by atoms with Crippen molar-refractivity contribution < 1.29 is 9.84 Å². The quantitative estimate of drug-likeness (QED) is 0.754. The maximum absolute atomic E-state index is 8.80. The summed E-state index contributed by atoms with van der Waals surface area (Å²) < 4.78 is 7.15. The van der Waals surface area contributed by atoms with Gasteiger partial charge in [-0.25, -0.2) is 0 Å². The van der Waals surface area contributed by atoms with Gasteiger partial charge in [0.25, 0.3) is 0 Å². The summed E-state index contributed by atoms with van der Waals surface area (Å²) in [6, 6.07) is 0.471. The normalized spacial score (nSPS) is 21.9. The molecule has 1 fully saturated rings. The molecule has 0 aliphatic carbocycles. The zero-order chi connectivity index (χ0) is 12.1. The molecule has 5 heteroatoms. The van der Waals surface area contributed by atoms with Crippen LogP contribution < -0.4 is 5.32 Å². The van der Waals surface area contributed by atoms with Crippen molar-refractivity contribution in [2.75, 3.05) is 19.8 Å². The Morgan fingerprint density at radius 3 is 3.29 bits per heavy atom. The lowest BCUT2D eigenvalue weighted by molar-refractivity contribution is 0.178. The summed E-state index contributed by atoms with van der Waals surface area (Å²) in [7, 11) is 0. The van der Waals surface area contributed by atoms with E-state index >= 15 is 0 Å². The molecule has 2 heterocycles. The van der Waals surface area contributed by atoms with Crippen LogP contribution in [-0.4, -0.2) is 40.7 Å². The van der Waals surface area contributed by atoms with Crippen LogP contribution in [0, 0.1) is 5.92 Å². The summed E-state index contributed by atoms with van der Waals surface area (Å²) >= 11 is 0. The standard InChI is InChI=1S/C12H21N3O2/c1-10(12-2-5-17-9-12)13-6-11-7-14-15(8-11)3-4-16/h7-8,10,12-13,16H,2-6,9H2,1H3. The van der Waals surface area contributed by atoms with Crippen LogP contribution >= 0.6 is 0 Å². The van der Waals surface area contributed by atoms with E-state index in [1.807, 2.05) is 12.4 Å². The van der Waals surface area contributed by atoms with E-state index in [1.54, 1.807) is 4.68 Å². The molecule has 2 unspecified atom stereocenters. The molecule has 1 saturated heterocycles. The molecule has 1 aromatic rings. The molecule has 0 aromatic carbocycles. The highest BCUT2D eigenvalue weighted by Gasteiger charge is 2.21. The minimum Gasteiger partial charge on any atom is -0.394 e. The van der Waals surface area contributed by atoms with Crippen LogP contribution in [0.5, 0.6) is 0 Å². The van der Waals surface area contributed by atoms with Gasteiger partial charge in [0.1, 0.15) is 0 Å². The second-order valence-electron chi connectivity index (χ2n) is 4.63.